The third-order valence-corrected chi connectivity index (χ3v) is 5.70. The Morgan fingerprint density at radius 1 is 1.00 bits per heavy atom. The Balaban J connectivity index is 1.36. The Kier molecular flexibility index (Phi) is 3.75. The quantitative estimate of drug-likeness (QED) is 0.525. The van der Waals surface area contributed by atoms with Crippen LogP contribution in [0.5, 0.6) is 0 Å². The van der Waals surface area contributed by atoms with Gasteiger partial charge in [0, 0.05) is 37.9 Å². The Labute approximate surface area is 158 Å². The molecule has 9 heteroatoms. The van der Waals surface area contributed by atoms with Crippen LogP contribution in [0.4, 0.5) is 10.9 Å². The molecule has 0 aliphatic carbocycles. The van der Waals surface area contributed by atoms with Gasteiger partial charge in [-0.05, 0) is 19.1 Å². The van der Waals surface area contributed by atoms with Crippen LogP contribution in [0, 0.1) is 6.92 Å². The smallest absolute Gasteiger partial charge is 0.274 e. The largest absolute Gasteiger partial charge is 0.352 e. The lowest BCUT2D eigenvalue weighted by Gasteiger charge is -2.34. The molecule has 5 rings (SSSR count). The molecule has 1 aliphatic rings. The molecule has 0 saturated carbocycles. The molecule has 0 amide bonds. The monoisotopic (exact) mass is 379 g/mol. The fourth-order valence-electron chi connectivity index (χ4n) is 3.29. The van der Waals surface area contributed by atoms with Crippen molar-refractivity contribution in [3.63, 3.8) is 0 Å². The molecule has 4 heterocycles. The molecule has 0 unspecified atom stereocenters. The molecule has 1 saturated heterocycles. The predicted octanol–water partition coefficient (Wildman–Crippen LogP) is 1.73. The second kappa shape index (κ2) is 6.27. The standard InChI is InChI=1S/C18H17N7OS/c1-12-10-16(26)21-17-25(12)22-18(27-17)24-8-6-23(7-9-24)15-11-19-13-4-2-3-5-14(13)20-15/h2-5,10-11H,6-9H2,1H3. The molecule has 8 nitrogen and oxygen atoms in total. The zero-order valence-electron chi connectivity index (χ0n) is 14.7. The van der Waals surface area contributed by atoms with Crippen LogP contribution in [0.15, 0.2) is 41.3 Å². The van der Waals surface area contributed by atoms with Gasteiger partial charge in [-0.15, -0.1) is 5.10 Å². The third kappa shape index (κ3) is 2.89. The van der Waals surface area contributed by atoms with E-state index in [-0.39, 0.29) is 5.56 Å². The highest BCUT2D eigenvalue weighted by Gasteiger charge is 2.22. The van der Waals surface area contributed by atoms with Crippen LogP contribution in [-0.4, -0.2) is 50.7 Å². The summed E-state index contributed by atoms with van der Waals surface area (Å²) in [5.41, 5.74) is 2.40. The number of para-hydroxylation sites is 2. The minimum atomic E-state index is -0.220. The summed E-state index contributed by atoms with van der Waals surface area (Å²) in [5.74, 6) is 0.903. The van der Waals surface area contributed by atoms with Crippen LogP contribution in [0.25, 0.3) is 16.0 Å². The van der Waals surface area contributed by atoms with Gasteiger partial charge in [-0.25, -0.2) is 9.50 Å². The van der Waals surface area contributed by atoms with Crippen molar-refractivity contribution < 1.29 is 0 Å². The van der Waals surface area contributed by atoms with Crippen LogP contribution < -0.4 is 15.4 Å². The molecule has 136 valence electrons. The highest BCUT2D eigenvalue weighted by atomic mass is 32.1. The second-order valence-corrected chi connectivity index (χ2v) is 7.44. The van der Waals surface area contributed by atoms with Crippen LogP contribution in [0.1, 0.15) is 5.69 Å². The molecule has 0 spiro atoms. The zero-order valence-corrected chi connectivity index (χ0v) is 15.6. The Morgan fingerprint density at radius 3 is 2.56 bits per heavy atom. The normalized spacial score (nSPS) is 15.0. The van der Waals surface area contributed by atoms with Gasteiger partial charge in [-0.2, -0.15) is 4.98 Å². The third-order valence-electron chi connectivity index (χ3n) is 4.73. The van der Waals surface area contributed by atoms with Gasteiger partial charge >= 0.3 is 0 Å². The average molecular weight is 379 g/mol. The van der Waals surface area contributed by atoms with E-state index in [1.54, 1.807) is 4.52 Å². The molecule has 27 heavy (non-hydrogen) atoms. The summed E-state index contributed by atoms with van der Waals surface area (Å²) in [6, 6.07) is 9.41. The first kappa shape index (κ1) is 16.1. The van der Waals surface area contributed by atoms with E-state index in [4.69, 9.17) is 4.98 Å². The number of benzene rings is 1. The number of aromatic nitrogens is 5. The van der Waals surface area contributed by atoms with Gasteiger partial charge in [-0.1, -0.05) is 23.5 Å². The lowest BCUT2D eigenvalue weighted by atomic mass is 10.3. The van der Waals surface area contributed by atoms with Crippen molar-refractivity contribution in [2.75, 3.05) is 36.0 Å². The maximum atomic E-state index is 11.6. The summed E-state index contributed by atoms with van der Waals surface area (Å²) >= 11 is 1.45. The highest BCUT2D eigenvalue weighted by molar-refractivity contribution is 7.20. The van der Waals surface area contributed by atoms with Crippen molar-refractivity contribution >= 4 is 38.3 Å². The van der Waals surface area contributed by atoms with Gasteiger partial charge in [0.25, 0.3) is 5.56 Å². The van der Waals surface area contributed by atoms with Crippen molar-refractivity contribution in [2.24, 2.45) is 0 Å². The average Bonchev–Trinajstić information content (AvgIpc) is 3.12. The van der Waals surface area contributed by atoms with E-state index in [9.17, 15) is 4.79 Å². The molecule has 0 N–H and O–H groups in total. The first-order valence-electron chi connectivity index (χ1n) is 8.76. The van der Waals surface area contributed by atoms with E-state index in [0.29, 0.717) is 4.96 Å². The topological polar surface area (TPSA) is 79.5 Å². The fraction of sp³-hybridized carbons (Fsp3) is 0.278. The van der Waals surface area contributed by atoms with Crippen LogP contribution in [0.2, 0.25) is 0 Å². The summed E-state index contributed by atoms with van der Waals surface area (Å²) in [6.07, 6.45) is 1.84. The molecule has 0 atom stereocenters. The molecule has 0 bridgehead atoms. The van der Waals surface area contributed by atoms with Crippen molar-refractivity contribution in [2.45, 2.75) is 6.92 Å². The number of nitrogens with zero attached hydrogens (tertiary/aromatic N) is 7. The van der Waals surface area contributed by atoms with Crippen molar-refractivity contribution in [1.82, 2.24) is 24.6 Å². The molecule has 1 fully saturated rings. The SMILES string of the molecule is Cc1cc(=O)nc2sc(N3CCN(c4cnc5ccccc5n4)CC3)nn12. The summed E-state index contributed by atoms with van der Waals surface area (Å²) in [5, 5.41) is 5.52. The summed E-state index contributed by atoms with van der Waals surface area (Å²) in [7, 11) is 0. The minimum absolute atomic E-state index is 0.220. The van der Waals surface area contributed by atoms with Crippen molar-refractivity contribution in [3.05, 3.63) is 52.6 Å². The van der Waals surface area contributed by atoms with Gasteiger partial charge in [0.05, 0.1) is 17.2 Å². The lowest BCUT2D eigenvalue weighted by Crippen LogP contribution is -2.46. The summed E-state index contributed by atoms with van der Waals surface area (Å²) in [4.78, 5) is 30.0. The van der Waals surface area contributed by atoms with E-state index in [1.165, 1.54) is 17.4 Å². The van der Waals surface area contributed by atoms with E-state index in [0.717, 1.165) is 53.9 Å². The number of fused-ring (bicyclic) bond motifs is 2. The number of piperazine rings is 1. The highest BCUT2D eigenvalue weighted by Crippen LogP contribution is 2.24. The lowest BCUT2D eigenvalue weighted by molar-refractivity contribution is 0.641. The van der Waals surface area contributed by atoms with Crippen LogP contribution >= 0.6 is 11.3 Å². The van der Waals surface area contributed by atoms with Crippen LogP contribution in [-0.2, 0) is 0 Å². The molecule has 0 radical (unpaired) electrons. The van der Waals surface area contributed by atoms with E-state index in [1.807, 2.05) is 37.4 Å². The molecule has 1 aromatic carbocycles. The van der Waals surface area contributed by atoms with Crippen LogP contribution in [0.3, 0.4) is 0 Å². The molecular weight excluding hydrogens is 362 g/mol. The molecule has 3 aromatic heterocycles. The van der Waals surface area contributed by atoms with E-state index in [2.05, 4.69) is 24.9 Å². The fourth-order valence-corrected chi connectivity index (χ4v) is 4.30. The van der Waals surface area contributed by atoms with Gasteiger partial charge in [0.2, 0.25) is 10.1 Å². The number of hydrogen-bond donors (Lipinski definition) is 0. The zero-order chi connectivity index (χ0) is 18.4. The van der Waals surface area contributed by atoms with E-state index >= 15 is 0 Å². The Bertz CT molecular complexity index is 1190. The van der Waals surface area contributed by atoms with Gasteiger partial charge < -0.3 is 9.80 Å². The number of hydrogen-bond acceptors (Lipinski definition) is 8. The Morgan fingerprint density at radius 2 is 1.74 bits per heavy atom. The molecule has 1 aliphatic heterocycles. The number of aryl methyl sites for hydroxylation is 1. The second-order valence-electron chi connectivity index (χ2n) is 6.51. The van der Waals surface area contributed by atoms with E-state index < -0.39 is 0 Å². The number of rotatable bonds is 2. The van der Waals surface area contributed by atoms with Crippen molar-refractivity contribution in [3.8, 4) is 0 Å². The maximum Gasteiger partial charge on any atom is 0.274 e. The first-order chi connectivity index (χ1) is 13.2. The predicted molar refractivity (Wildman–Crippen MR) is 106 cm³/mol. The first-order valence-corrected chi connectivity index (χ1v) is 9.58. The van der Waals surface area contributed by atoms with Gasteiger partial charge in [0.1, 0.15) is 5.82 Å². The molecule has 4 aromatic rings. The minimum Gasteiger partial charge on any atom is -0.352 e. The maximum absolute atomic E-state index is 11.6. The number of anilines is 2. The van der Waals surface area contributed by atoms with Gasteiger partial charge in [0.15, 0.2) is 0 Å². The summed E-state index contributed by atoms with van der Waals surface area (Å²) < 4.78 is 1.74. The Hall–Kier alpha value is -3.07. The van der Waals surface area contributed by atoms with Gasteiger partial charge in [-0.3, -0.25) is 9.78 Å². The molecular formula is C18H17N7OS. The summed E-state index contributed by atoms with van der Waals surface area (Å²) in [6.45, 7) is 5.21. The van der Waals surface area contributed by atoms with Crippen molar-refractivity contribution in [1.29, 1.82) is 0 Å².